The van der Waals surface area contributed by atoms with Crippen molar-refractivity contribution in [2.24, 2.45) is 5.92 Å². The zero-order valence-electron chi connectivity index (χ0n) is 13.1. The molecular weight excluding hydrogens is 323 g/mol. The van der Waals surface area contributed by atoms with Gasteiger partial charge in [-0.25, -0.2) is 17.1 Å². The summed E-state index contributed by atoms with van der Waals surface area (Å²) in [5, 5.41) is 10.0. The molecule has 1 aromatic carbocycles. The van der Waals surface area contributed by atoms with E-state index in [0.29, 0.717) is 5.56 Å². The Bertz CT molecular complexity index is 678. The van der Waals surface area contributed by atoms with Crippen molar-refractivity contribution in [3.63, 3.8) is 0 Å². The van der Waals surface area contributed by atoms with Gasteiger partial charge in [0.25, 0.3) is 0 Å². The Labute approximate surface area is 135 Å². The highest BCUT2D eigenvalue weighted by Crippen LogP contribution is 2.21. The number of aliphatic hydroxyl groups excluding tert-OH is 1. The lowest BCUT2D eigenvalue weighted by Gasteiger charge is -2.18. The van der Waals surface area contributed by atoms with Crippen LogP contribution in [0.25, 0.3) is 0 Å². The van der Waals surface area contributed by atoms with Gasteiger partial charge < -0.3 is 10.0 Å². The van der Waals surface area contributed by atoms with E-state index in [4.69, 9.17) is 0 Å². The second-order valence-electron chi connectivity index (χ2n) is 5.99. The highest BCUT2D eigenvalue weighted by molar-refractivity contribution is 7.89. The van der Waals surface area contributed by atoms with E-state index in [1.54, 1.807) is 6.07 Å². The topological polar surface area (TPSA) is 77.9 Å². The van der Waals surface area contributed by atoms with Gasteiger partial charge in [0.15, 0.2) is 0 Å². The van der Waals surface area contributed by atoms with Gasteiger partial charge in [-0.15, -0.1) is 0 Å². The molecule has 0 aromatic heterocycles. The summed E-state index contributed by atoms with van der Waals surface area (Å²) in [6, 6.07) is 5.78. The third-order valence-corrected chi connectivity index (χ3v) is 5.95. The van der Waals surface area contributed by atoms with E-state index in [9.17, 15) is 22.7 Å². The average molecular weight is 344 g/mol. The molecule has 0 saturated carbocycles. The molecule has 0 aliphatic carbocycles. The lowest BCUT2D eigenvalue weighted by atomic mass is 10.1. The van der Waals surface area contributed by atoms with E-state index in [1.807, 2.05) is 0 Å². The Morgan fingerprint density at radius 1 is 1.39 bits per heavy atom. The predicted molar refractivity (Wildman–Crippen MR) is 83.7 cm³/mol. The van der Waals surface area contributed by atoms with Gasteiger partial charge in [-0.05, 0) is 17.7 Å². The standard InChI is InChI=1S/C15H21FN2O4S/c1-17(2)23(21,22)10-12-8-18(9-14(12)19)15(20)7-11-4-3-5-13(16)6-11/h3-6,12,14,19H,7-10H2,1-2H3. The Balaban J connectivity index is 1.99. The van der Waals surface area contributed by atoms with Gasteiger partial charge in [-0.1, -0.05) is 12.1 Å². The first-order valence-corrected chi connectivity index (χ1v) is 8.90. The zero-order chi connectivity index (χ0) is 17.2. The van der Waals surface area contributed by atoms with Gasteiger partial charge >= 0.3 is 0 Å². The Kier molecular flexibility index (Phi) is 5.38. The van der Waals surface area contributed by atoms with Gasteiger partial charge in [0, 0.05) is 33.1 Å². The molecule has 6 nitrogen and oxygen atoms in total. The van der Waals surface area contributed by atoms with Crippen molar-refractivity contribution in [3.05, 3.63) is 35.6 Å². The van der Waals surface area contributed by atoms with Gasteiger partial charge in [-0.3, -0.25) is 4.79 Å². The monoisotopic (exact) mass is 344 g/mol. The molecule has 1 aliphatic rings. The summed E-state index contributed by atoms with van der Waals surface area (Å²) in [7, 11) is -0.574. The maximum absolute atomic E-state index is 13.1. The number of β-amino-alcohol motifs (C(OH)–C–C–N with tert-alkyl or cyclic N) is 1. The van der Waals surface area contributed by atoms with Gasteiger partial charge in [0.2, 0.25) is 15.9 Å². The molecule has 2 atom stereocenters. The third kappa shape index (κ3) is 4.49. The van der Waals surface area contributed by atoms with Crippen LogP contribution < -0.4 is 0 Å². The molecule has 23 heavy (non-hydrogen) atoms. The lowest BCUT2D eigenvalue weighted by molar-refractivity contribution is -0.129. The van der Waals surface area contributed by atoms with Crippen LogP contribution in [0.3, 0.4) is 0 Å². The Hall–Kier alpha value is -1.51. The van der Waals surface area contributed by atoms with Crippen LogP contribution in [0.2, 0.25) is 0 Å². The van der Waals surface area contributed by atoms with Gasteiger partial charge in [0.1, 0.15) is 5.82 Å². The molecule has 1 heterocycles. The number of carbonyl (C=O) groups is 1. The number of hydrogen-bond donors (Lipinski definition) is 1. The molecule has 1 aliphatic heterocycles. The number of sulfonamides is 1. The zero-order valence-corrected chi connectivity index (χ0v) is 14.0. The van der Waals surface area contributed by atoms with Crippen LogP contribution in [0.4, 0.5) is 4.39 Å². The fraction of sp³-hybridized carbons (Fsp3) is 0.533. The minimum Gasteiger partial charge on any atom is -0.391 e. The highest BCUT2D eigenvalue weighted by atomic mass is 32.2. The van der Waals surface area contributed by atoms with Crippen molar-refractivity contribution in [2.75, 3.05) is 32.9 Å². The number of carbonyl (C=O) groups excluding carboxylic acids is 1. The SMILES string of the molecule is CN(C)S(=O)(=O)CC1CN(C(=O)Cc2cccc(F)c2)CC1O. The number of amides is 1. The number of halogens is 1. The summed E-state index contributed by atoms with van der Waals surface area (Å²) in [6.45, 7) is 0.282. The predicted octanol–water partition coefficient (Wildman–Crippen LogP) is 0.0789. The second-order valence-corrected chi connectivity index (χ2v) is 8.22. The summed E-state index contributed by atoms with van der Waals surface area (Å²) in [5.74, 6) is -1.38. The quantitative estimate of drug-likeness (QED) is 0.821. The van der Waals surface area contributed by atoms with Crippen LogP contribution >= 0.6 is 0 Å². The van der Waals surface area contributed by atoms with Crippen molar-refractivity contribution < 1.29 is 22.7 Å². The molecule has 8 heteroatoms. The fourth-order valence-corrected chi connectivity index (χ4v) is 3.74. The summed E-state index contributed by atoms with van der Waals surface area (Å²) in [5.41, 5.74) is 0.550. The van der Waals surface area contributed by atoms with Crippen molar-refractivity contribution in [1.82, 2.24) is 9.21 Å². The second kappa shape index (κ2) is 6.94. The van der Waals surface area contributed by atoms with E-state index in [-0.39, 0.29) is 31.2 Å². The number of hydrogen-bond acceptors (Lipinski definition) is 4. The maximum Gasteiger partial charge on any atom is 0.227 e. The fourth-order valence-electron chi connectivity index (χ4n) is 2.57. The number of likely N-dealkylation sites (tertiary alicyclic amines) is 1. The molecule has 2 rings (SSSR count). The summed E-state index contributed by atoms with van der Waals surface area (Å²) < 4.78 is 38.1. The van der Waals surface area contributed by atoms with Crippen LogP contribution in [0.1, 0.15) is 5.56 Å². The number of benzene rings is 1. The smallest absolute Gasteiger partial charge is 0.227 e. The minimum atomic E-state index is -3.44. The first-order valence-electron chi connectivity index (χ1n) is 7.29. The van der Waals surface area contributed by atoms with Gasteiger partial charge in [0.05, 0.1) is 18.3 Å². The minimum absolute atomic E-state index is 0.0254. The van der Waals surface area contributed by atoms with Crippen molar-refractivity contribution in [1.29, 1.82) is 0 Å². The van der Waals surface area contributed by atoms with Crippen LogP contribution in [0.15, 0.2) is 24.3 Å². The van der Waals surface area contributed by atoms with Crippen molar-refractivity contribution in [2.45, 2.75) is 12.5 Å². The Morgan fingerprint density at radius 2 is 2.09 bits per heavy atom. The van der Waals surface area contributed by atoms with E-state index in [0.717, 1.165) is 4.31 Å². The van der Waals surface area contributed by atoms with Crippen molar-refractivity contribution in [3.8, 4) is 0 Å². The Morgan fingerprint density at radius 3 is 2.70 bits per heavy atom. The molecule has 1 aromatic rings. The normalized spacial score (nSPS) is 21.9. The van der Waals surface area contributed by atoms with E-state index in [1.165, 1.54) is 37.2 Å². The summed E-state index contributed by atoms with van der Waals surface area (Å²) in [6.07, 6.45) is -0.848. The molecule has 1 amide bonds. The first-order chi connectivity index (χ1) is 10.7. The number of rotatable bonds is 5. The lowest BCUT2D eigenvalue weighted by Crippen LogP contribution is -2.34. The van der Waals surface area contributed by atoms with Crippen LogP contribution in [0.5, 0.6) is 0 Å². The highest BCUT2D eigenvalue weighted by Gasteiger charge is 2.37. The van der Waals surface area contributed by atoms with Crippen LogP contribution in [-0.2, 0) is 21.2 Å². The van der Waals surface area contributed by atoms with E-state index in [2.05, 4.69) is 0 Å². The largest absolute Gasteiger partial charge is 0.391 e. The summed E-state index contributed by atoms with van der Waals surface area (Å²) >= 11 is 0. The van der Waals surface area contributed by atoms with E-state index < -0.39 is 27.9 Å². The van der Waals surface area contributed by atoms with E-state index >= 15 is 0 Å². The molecule has 2 unspecified atom stereocenters. The molecule has 1 N–H and O–H groups in total. The number of aliphatic hydroxyl groups is 1. The molecule has 128 valence electrons. The average Bonchev–Trinajstić information content (AvgIpc) is 2.79. The molecule has 0 spiro atoms. The molecule has 1 fully saturated rings. The number of nitrogens with zero attached hydrogens (tertiary/aromatic N) is 2. The first kappa shape index (κ1) is 17.8. The third-order valence-electron chi connectivity index (χ3n) is 3.98. The summed E-state index contributed by atoms with van der Waals surface area (Å²) in [4.78, 5) is 13.7. The van der Waals surface area contributed by atoms with Gasteiger partial charge in [-0.2, -0.15) is 0 Å². The maximum atomic E-state index is 13.1. The van der Waals surface area contributed by atoms with Crippen LogP contribution in [-0.4, -0.2) is 67.7 Å². The molecule has 1 saturated heterocycles. The van der Waals surface area contributed by atoms with Crippen LogP contribution in [0, 0.1) is 11.7 Å². The molecule has 0 bridgehead atoms. The molecule has 0 radical (unpaired) electrons. The molecular formula is C15H21FN2O4S. The van der Waals surface area contributed by atoms with Crippen molar-refractivity contribution >= 4 is 15.9 Å².